The summed E-state index contributed by atoms with van der Waals surface area (Å²) in [5.41, 5.74) is 6.30. The molecule has 0 fully saturated rings. The lowest BCUT2D eigenvalue weighted by Crippen LogP contribution is -2.01. The summed E-state index contributed by atoms with van der Waals surface area (Å²) in [6.45, 7) is 2.85. The van der Waals surface area contributed by atoms with Crippen molar-refractivity contribution in [1.29, 1.82) is 5.26 Å². The van der Waals surface area contributed by atoms with Crippen LogP contribution in [0, 0.1) is 11.3 Å². The lowest BCUT2D eigenvalue weighted by atomic mass is 10.1. The van der Waals surface area contributed by atoms with E-state index in [2.05, 4.69) is 33.1 Å². The van der Waals surface area contributed by atoms with Gasteiger partial charge in [0.2, 0.25) is 5.95 Å². The predicted octanol–water partition coefficient (Wildman–Crippen LogP) is 4.63. The fourth-order valence-corrected chi connectivity index (χ4v) is 3.00. The number of furan rings is 1. The quantitative estimate of drug-likeness (QED) is 0.418. The number of hydrazone groups is 1. The van der Waals surface area contributed by atoms with Gasteiger partial charge in [-0.15, -0.1) is 0 Å². The first kappa shape index (κ1) is 16.6. The van der Waals surface area contributed by atoms with Crippen LogP contribution in [-0.2, 0) is 6.54 Å². The summed E-state index contributed by atoms with van der Waals surface area (Å²) in [5.74, 6) is 1.90. The molecule has 6 nitrogen and oxygen atoms in total. The second-order valence-electron chi connectivity index (χ2n) is 5.90. The Labute approximate surface area is 156 Å². The van der Waals surface area contributed by atoms with Gasteiger partial charge in [-0.25, -0.2) is 10.4 Å². The Morgan fingerprint density at radius 3 is 2.81 bits per heavy atom. The number of nitrogens with one attached hydrogen (secondary N) is 1. The van der Waals surface area contributed by atoms with E-state index in [-0.39, 0.29) is 0 Å². The van der Waals surface area contributed by atoms with Crippen molar-refractivity contribution in [2.24, 2.45) is 5.10 Å². The van der Waals surface area contributed by atoms with Crippen LogP contribution < -0.4 is 5.43 Å². The molecule has 0 saturated carbocycles. The highest BCUT2D eigenvalue weighted by molar-refractivity contribution is 5.80. The minimum Gasteiger partial charge on any atom is -0.455 e. The molecule has 4 aromatic rings. The van der Waals surface area contributed by atoms with Gasteiger partial charge in [0.15, 0.2) is 0 Å². The van der Waals surface area contributed by atoms with Gasteiger partial charge in [0.05, 0.1) is 28.9 Å². The standard InChI is InChI=1S/C21H17N5O/c1-2-26-19-10-6-5-9-18(19)24-21(26)25-23-14-16-11-12-20(27-16)17-8-4-3-7-15(17)13-22/h3-12,14H,2H2,1H3,(H,24,25)/b23-14-. The van der Waals surface area contributed by atoms with Crippen LogP contribution >= 0.6 is 0 Å². The van der Waals surface area contributed by atoms with Crippen molar-refractivity contribution >= 4 is 23.2 Å². The van der Waals surface area contributed by atoms with Crippen LogP contribution in [0.4, 0.5) is 5.95 Å². The zero-order valence-electron chi connectivity index (χ0n) is 14.8. The van der Waals surface area contributed by atoms with Gasteiger partial charge < -0.3 is 8.98 Å². The molecule has 0 aliphatic rings. The topological polar surface area (TPSA) is 79.1 Å². The number of aromatic nitrogens is 2. The summed E-state index contributed by atoms with van der Waals surface area (Å²) >= 11 is 0. The molecule has 1 N–H and O–H groups in total. The van der Waals surface area contributed by atoms with Gasteiger partial charge in [-0.05, 0) is 43.3 Å². The van der Waals surface area contributed by atoms with Crippen molar-refractivity contribution in [3.8, 4) is 17.4 Å². The maximum absolute atomic E-state index is 9.23. The first-order chi connectivity index (χ1) is 13.3. The third kappa shape index (κ3) is 3.18. The number of rotatable bonds is 5. The highest BCUT2D eigenvalue weighted by Gasteiger charge is 2.09. The molecule has 6 heteroatoms. The largest absolute Gasteiger partial charge is 0.455 e. The van der Waals surface area contributed by atoms with E-state index in [1.165, 1.54) is 0 Å². The molecule has 0 aliphatic heterocycles. The smallest absolute Gasteiger partial charge is 0.224 e. The third-order valence-corrected chi connectivity index (χ3v) is 4.27. The van der Waals surface area contributed by atoms with Crippen LogP contribution in [0.1, 0.15) is 18.2 Å². The monoisotopic (exact) mass is 355 g/mol. The van der Waals surface area contributed by atoms with E-state index in [1.54, 1.807) is 12.3 Å². The van der Waals surface area contributed by atoms with Crippen molar-refractivity contribution in [2.45, 2.75) is 13.5 Å². The number of para-hydroxylation sites is 2. The van der Waals surface area contributed by atoms with E-state index in [0.717, 1.165) is 23.1 Å². The minimum atomic E-state index is 0.574. The summed E-state index contributed by atoms with van der Waals surface area (Å²) < 4.78 is 7.86. The molecule has 0 aliphatic carbocycles. The van der Waals surface area contributed by atoms with Gasteiger partial charge in [-0.3, -0.25) is 0 Å². The summed E-state index contributed by atoms with van der Waals surface area (Å²) in [6, 6.07) is 21.1. The summed E-state index contributed by atoms with van der Waals surface area (Å²) in [6.07, 6.45) is 1.60. The number of aryl methyl sites for hydroxylation is 1. The minimum absolute atomic E-state index is 0.574. The van der Waals surface area contributed by atoms with Crippen LogP contribution in [0.15, 0.2) is 70.2 Å². The van der Waals surface area contributed by atoms with Gasteiger partial charge in [-0.2, -0.15) is 10.4 Å². The molecule has 0 spiro atoms. The average Bonchev–Trinajstić information content (AvgIpc) is 3.32. The summed E-state index contributed by atoms with van der Waals surface area (Å²) in [5, 5.41) is 13.5. The normalized spacial score (nSPS) is 11.1. The molecule has 0 atom stereocenters. The molecule has 4 rings (SSSR count). The molecular formula is C21H17N5O. The predicted molar refractivity (Wildman–Crippen MR) is 105 cm³/mol. The molecule has 27 heavy (non-hydrogen) atoms. The summed E-state index contributed by atoms with van der Waals surface area (Å²) in [4.78, 5) is 4.56. The number of anilines is 1. The Morgan fingerprint density at radius 1 is 1.15 bits per heavy atom. The molecule has 0 saturated heterocycles. The van der Waals surface area contributed by atoms with Crippen LogP contribution in [0.5, 0.6) is 0 Å². The number of hydrogen-bond donors (Lipinski definition) is 1. The van der Waals surface area contributed by atoms with Crippen molar-refractivity contribution in [3.05, 3.63) is 72.0 Å². The Bertz CT molecular complexity index is 1160. The van der Waals surface area contributed by atoms with Crippen LogP contribution in [0.25, 0.3) is 22.4 Å². The van der Waals surface area contributed by atoms with Gasteiger partial charge in [0.25, 0.3) is 0 Å². The molecule has 2 aromatic carbocycles. The molecule has 0 bridgehead atoms. The fourth-order valence-electron chi connectivity index (χ4n) is 3.00. The van der Waals surface area contributed by atoms with Crippen LogP contribution in [0.2, 0.25) is 0 Å². The number of imidazole rings is 1. The van der Waals surface area contributed by atoms with E-state index in [9.17, 15) is 5.26 Å². The molecule has 0 radical (unpaired) electrons. The Balaban J connectivity index is 1.55. The first-order valence-electron chi connectivity index (χ1n) is 8.64. The number of nitriles is 1. The van der Waals surface area contributed by atoms with Crippen LogP contribution in [-0.4, -0.2) is 15.8 Å². The Morgan fingerprint density at radius 2 is 1.96 bits per heavy atom. The van der Waals surface area contributed by atoms with Crippen molar-refractivity contribution < 1.29 is 4.42 Å². The highest BCUT2D eigenvalue weighted by atomic mass is 16.3. The van der Waals surface area contributed by atoms with Gasteiger partial charge in [0.1, 0.15) is 11.5 Å². The first-order valence-corrected chi connectivity index (χ1v) is 8.64. The molecule has 2 heterocycles. The fraction of sp³-hybridized carbons (Fsp3) is 0.0952. The van der Waals surface area contributed by atoms with Gasteiger partial charge in [-0.1, -0.05) is 24.3 Å². The molecule has 132 valence electrons. The maximum atomic E-state index is 9.23. The van der Waals surface area contributed by atoms with Crippen molar-refractivity contribution in [1.82, 2.24) is 9.55 Å². The van der Waals surface area contributed by atoms with Gasteiger partial charge in [0, 0.05) is 12.1 Å². The SMILES string of the molecule is CCn1c(N/N=C\c2ccc(-c3ccccc3C#N)o2)nc2ccccc21. The van der Waals surface area contributed by atoms with E-state index >= 15 is 0 Å². The number of hydrogen-bond acceptors (Lipinski definition) is 5. The summed E-state index contributed by atoms with van der Waals surface area (Å²) in [7, 11) is 0. The van der Waals surface area contributed by atoms with E-state index < -0.39 is 0 Å². The van der Waals surface area contributed by atoms with E-state index in [0.29, 0.717) is 23.0 Å². The number of benzene rings is 2. The lowest BCUT2D eigenvalue weighted by molar-refractivity contribution is 0.575. The molecule has 0 amide bonds. The van der Waals surface area contributed by atoms with Crippen LogP contribution in [0.3, 0.4) is 0 Å². The molecule has 0 unspecified atom stereocenters. The van der Waals surface area contributed by atoms with Crippen molar-refractivity contribution in [3.63, 3.8) is 0 Å². The molecular weight excluding hydrogens is 338 g/mol. The Kier molecular flexibility index (Phi) is 4.42. The zero-order chi connectivity index (χ0) is 18.6. The lowest BCUT2D eigenvalue weighted by Gasteiger charge is -2.04. The average molecular weight is 355 g/mol. The zero-order valence-corrected chi connectivity index (χ0v) is 14.8. The van der Waals surface area contributed by atoms with Gasteiger partial charge >= 0.3 is 0 Å². The number of nitrogens with zero attached hydrogens (tertiary/aromatic N) is 4. The molecule has 2 aromatic heterocycles. The Hall–Kier alpha value is -3.85. The second-order valence-corrected chi connectivity index (χ2v) is 5.90. The van der Waals surface area contributed by atoms with E-state index in [4.69, 9.17) is 4.42 Å². The highest BCUT2D eigenvalue weighted by Crippen LogP contribution is 2.25. The van der Waals surface area contributed by atoms with E-state index in [1.807, 2.05) is 54.6 Å². The number of fused-ring (bicyclic) bond motifs is 1. The van der Waals surface area contributed by atoms with Crippen molar-refractivity contribution in [2.75, 3.05) is 5.43 Å². The maximum Gasteiger partial charge on any atom is 0.224 e. The second kappa shape index (κ2) is 7.18. The third-order valence-electron chi connectivity index (χ3n) is 4.27.